The molecule has 0 rings (SSSR count). The molecule has 0 heterocycles. The number of carbonyl (C=O) groups is 1. The average Bonchev–Trinajstić information content (AvgIpc) is 2.16. The van der Waals surface area contributed by atoms with E-state index in [0.29, 0.717) is 6.42 Å². The summed E-state index contributed by atoms with van der Waals surface area (Å²) in [5.74, 6) is -0.922. The van der Waals surface area contributed by atoms with Crippen LogP contribution in [0.2, 0.25) is 0 Å². The lowest BCUT2D eigenvalue weighted by atomic mass is 10.2. The summed E-state index contributed by atoms with van der Waals surface area (Å²) in [4.78, 5) is 19.7. The second kappa shape index (κ2) is 7.82. The first kappa shape index (κ1) is 14.6. The van der Waals surface area contributed by atoms with Crippen LogP contribution >= 0.6 is 7.60 Å². The molecule has 1 atom stereocenters. The molecule has 90 valence electrons. The van der Waals surface area contributed by atoms with Gasteiger partial charge in [-0.05, 0) is 6.42 Å². The summed E-state index contributed by atoms with van der Waals surface area (Å²) in [5.41, 5.74) is 1.28. The van der Waals surface area contributed by atoms with Gasteiger partial charge in [-0.15, -0.1) is 0 Å². The zero-order chi connectivity index (χ0) is 11.7. The van der Waals surface area contributed by atoms with E-state index in [1.165, 1.54) is 5.48 Å². The van der Waals surface area contributed by atoms with Crippen LogP contribution in [0.4, 0.5) is 0 Å². The van der Waals surface area contributed by atoms with Gasteiger partial charge >= 0.3 is 7.60 Å². The highest BCUT2D eigenvalue weighted by Crippen LogP contribution is 2.41. The van der Waals surface area contributed by atoms with Crippen molar-refractivity contribution in [3.63, 3.8) is 0 Å². The van der Waals surface area contributed by atoms with Crippen molar-refractivity contribution in [1.29, 1.82) is 0 Å². The van der Waals surface area contributed by atoms with Crippen molar-refractivity contribution in [3.05, 3.63) is 0 Å². The van der Waals surface area contributed by atoms with Crippen LogP contribution in [0.3, 0.4) is 0 Å². The predicted octanol–water partition coefficient (Wildman–Crippen LogP) is 1.27. The van der Waals surface area contributed by atoms with Gasteiger partial charge in [0.25, 0.3) is 5.91 Å². The van der Waals surface area contributed by atoms with Crippen molar-refractivity contribution in [1.82, 2.24) is 5.48 Å². The molecular weight excluding hydrogens is 221 g/mol. The molecule has 0 radical (unpaired) electrons. The third-order valence-electron chi connectivity index (χ3n) is 1.76. The maximum atomic E-state index is 11.2. The predicted molar refractivity (Wildman–Crippen MR) is 54.7 cm³/mol. The van der Waals surface area contributed by atoms with Crippen molar-refractivity contribution in [2.75, 3.05) is 12.8 Å². The van der Waals surface area contributed by atoms with Gasteiger partial charge in [0, 0.05) is 0 Å². The summed E-state index contributed by atoms with van der Waals surface area (Å²) < 4.78 is 15.9. The minimum Gasteiger partial charge on any atom is -0.324 e. The largest absolute Gasteiger partial charge is 0.337 e. The van der Waals surface area contributed by atoms with Gasteiger partial charge in [0.15, 0.2) is 0 Å². The van der Waals surface area contributed by atoms with E-state index in [2.05, 4.69) is 11.4 Å². The second-order valence-corrected chi connectivity index (χ2v) is 5.07. The van der Waals surface area contributed by atoms with Gasteiger partial charge in [-0.25, -0.2) is 5.48 Å². The topological polar surface area (TPSA) is 95.9 Å². The van der Waals surface area contributed by atoms with E-state index in [-0.39, 0.29) is 6.61 Å². The summed E-state index contributed by atoms with van der Waals surface area (Å²) in [7, 11) is -3.89. The van der Waals surface area contributed by atoms with Crippen molar-refractivity contribution >= 4 is 13.5 Å². The lowest BCUT2D eigenvalue weighted by molar-refractivity contribution is -0.126. The highest BCUT2D eigenvalue weighted by molar-refractivity contribution is 7.53. The SMILES string of the molecule is CCCCCCOP(=O)(O)CC(=O)NO. The van der Waals surface area contributed by atoms with Crippen molar-refractivity contribution in [2.45, 2.75) is 32.6 Å². The number of carbonyl (C=O) groups excluding carboxylic acids is 1. The number of hydrogen-bond acceptors (Lipinski definition) is 4. The van der Waals surface area contributed by atoms with E-state index < -0.39 is 19.7 Å². The Kier molecular flexibility index (Phi) is 7.60. The van der Waals surface area contributed by atoms with Gasteiger partial charge in [0.2, 0.25) is 0 Å². The van der Waals surface area contributed by atoms with Crippen LogP contribution < -0.4 is 5.48 Å². The summed E-state index contributed by atoms with van der Waals surface area (Å²) in [6, 6.07) is 0. The molecule has 1 unspecified atom stereocenters. The molecule has 15 heavy (non-hydrogen) atoms. The minimum atomic E-state index is -3.89. The van der Waals surface area contributed by atoms with Crippen LogP contribution in [0, 0.1) is 0 Å². The molecule has 0 aromatic rings. The van der Waals surface area contributed by atoms with Gasteiger partial charge in [-0.3, -0.25) is 14.6 Å². The van der Waals surface area contributed by atoms with Crippen molar-refractivity contribution in [2.24, 2.45) is 0 Å². The molecule has 1 amide bonds. The molecule has 6 nitrogen and oxygen atoms in total. The number of nitrogens with one attached hydrogen (secondary N) is 1. The van der Waals surface area contributed by atoms with Crippen molar-refractivity contribution in [3.8, 4) is 0 Å². The Morgan fingerprint density at radius 3 is 2.60 bits per heavy atom. The fourth-order valence-corrected chi connectivity index (χ4v) is 1.94. The zero-order valence-electron chi connectivity index (χ0n) is 8.81. The molecule has 7 heteroatoms. The molecular formula is C8H18NO5P. The normalized spacial score (nSPS) is 14.6. The van der Waals surface area contributed by atoms with Gasteiger partial charge in [0.1, 0.15) is 6.16 Å². The Labute approximate surface area is 89.1 Å². The third kappa shape index (κ3) is 8.57. The zero-order valence-corrected chi connectivity index (χ0v) is 9.70. The molecule has 3 N–H and O–H groups in total. The van der Waals surface area contributed by atoms with E-state index in [9.17, 15) is 9.36 Å². The first-order valence-electron chi connectivity index (χ1n) is 4.91. The second-order valence-electron chi connectivity index (χ2n) is 3.22. The molecule has 0 spiro atoms. The molecule has 0 fully saturated rings. The fraction of sp³-hybridized carbons (Fsp3) is 0.875. The van der Waals surface area contributed by atoms with Crippen LogP contribution in [0.25, 0.3) is 0 Å². The number of rotatable bonds is 8. The molecule has 0 saturated heterocycles. The van der Waals surface area contributed by atoms with Crippen LogP contribution in [0.5, 0.6) is 0 Å². The van der Waals surface area contributed by atoms with E-state index in [4.69, 9.17) is 10.1 Å². The molecule has 0 bridgehead atoms. The number of amides is 1. The lowest BCUT2D eigenvalue weighted by Gasteiger charge is -2.10. The highest BCUT2D eigenvalue weighted by atomic mass is 31.2. The molecule has 0 aromatic carbocycles. The van der Waals surface area contributed by atoms with E-state index in [1.54, 1.807) is 0 Å². The molecule has 0 aromatic heterocycles. The smallest absolute Gasteiger partial charge is 0.324 e. The first-order chi connectivity index (χ1) is 7.02. The van der Waals surface area contributed by atoms with Crippen LogP contribution in [0.15, 0.2) is 0 Å². The Balaban J connectivity index is 3.65. The fourth-order valence-electron chi connectivity index (χ4n) is 0.999. The summed E-state index contributed by atoms with van der Waals surface area (Å²) >= 11 is 0. The van der Waals surface area contributed by atoms with Gasteiger partial charge in [0.05, 0.1) is 6.61 Å². The number of unbranched alkanes of at least 4 members (excludes halogenated alkanes) is 3. The van der Waals surface area contributed by atoms with Crippen LogP contribution in [0.1, 0.15) is 32.6 Å². The van der Waals surface area contributed by atoms with E-state index in [0.717, 1.165) is 19.3 Å². The Bertz CT molecular complexity index is 233. The Morgan fingerprint density at radius 1 is 1.40 bits per heavy atom. The third-order valence-corrected chi connectivity index (χ3v) is 3.03. The Morgan fingerprint density at radius 2 is 2.07 bits per heavy atom. The molecule has 0 aliphatic heterocycles. The van der Waals surface area contributed by atoms with Gasteiger partial charge in [-0.2, -0.15) is 0 Å². The molecule has 0 aliphatic carbocycles. The number of hydrogen-bond donors (Lipinski definition) is 3. The standard InChI is InChI=1S/C8H18NO5P/c1-2-3-4-5-6-14-15(12,13)7-8(10)9-11/h11H,2-7H2,1H3,(H,9,10)(H,12,13). The monoisotopic (exact) mass is 239 g/mol. The molecule has 0 saturated carbocycles. The first-order valence-corrected chi connectivity index (χ1v) is 6.67. The lowest BCUT2D eigenvalue weighted by Crippen LogP contribution is -2.22. The van der Waals surface area contributed by atoms with Gasteiger partial charge in [-0.1, -0.05) is 26.2 Å². The van der Waals surface area contributed by atoms with E-state index in [1.807, 2.05) is 0 Å². The quantitative estimate of drug-likeness (QED) is 0.256. The number of hydroxylamine groups is 1. The average molecular weight is 239 g/mol. The summed E-state index contributed by atoms with van der Waals surface area (Å²) in [5, 5.41) is 8.15. The van der Waals surface area contributed by atoms with E-state index >= 15 is 0 Å². The van der Waals surface area contributed by atoms with Crippen LogP contribution in [-0.2, 0) is 13.9 Å². The maximum Gasteiger partial charge on any atom is 0.337 e. The van der Waals surface area contributed by atoms with Gasteiger partial charge < -0.3 is 9.42 Å². The highest BCUT2D eigenvalue weighted by Gasteiger charge is 2.23. The Hall–Kier alpha value is -0.420. The summed E-state index contributed by atoms with van der Waals surface area (Å²) in [6.45, 7) is 2.22. The van der Waals surface area contributed by atoms with Crippen LogP contribution in [-0.4, -0.2) is 28.8 Å². The summed E-state index contributed by atoms with van der Waals surface area (Å²) in [6.07, 6.45) is 3.04. The van der Waals surface area contributed by atoms with Crippen molar-refractivity contribution < 1.29 is 24.0 Å². The maximum absolute atomic E-state index is 11.2. The molecule has 0 aliphatic rings. The minimum absolute atomic E-state index is 0.159.